The predicted octanol–water partition coefficient (Wildman–Crippen LogP) is 5.70. The van der Waals surface area contributed by atoms with Crippen LogP contribution in [0, 0.1) is 19.7 Å². The summed E-state index contributed by atoms with van der Waals surface area (Å²) < 4.78 is 19.5. The zero-order valence-electron chi connectivity index (χ0n) is 19.2. The van der Waals surface area contributed by atoms with Crippen molar-refractivity contribution in [3.05, 3.63) is 99.7 Å². The first-order valence-electron chi connectivity index (χ1n) is 10.9. The molecule has 0 bridgehead atoms. The monoisotopic (exact) mass is 490 g/mol. The fraction of sp³-hybridized carbons (Fsp3) is 0.148. The van der Waals surface area contributed by atoms with Crippen LogP contribution in [0.15, 0.2) is 71.6 Å². The van der Waals surface area contributed by atoms with Crippen LogP contribution in [0.4, 0.5) is 14.9 Å². The van der Waals surface area contributed by atoms with E-state index in [1.165, 1.54) is 6.07 Å². The zero-order valence-corrected chi connectivity index (χ0v) is 20.0. The van der Waals surface area contributed by atoms with Gasteiger partial charge in [0.1, 0.15) is 24.7 Å². The molecule has 1 N–H and O–H groups in total. The number of hydrogen-bond acceptors (Lipinski definition) is 5. The highest BCUT2D eigenvalue weighted by Gasteiger charge is 2.36. The summed E-state index contributed by atoms with van der Waals surface area (Å²) in [6.45, 7) is 3.59. The van der Waals surface area contributed by atoms with Gasteiger partial charge in [0.25, 0.3) is 11.1 Å². The topological polar surface area (TPSA) is 75.7 Å². The van der Waals surface area contributed by atoms with Crippen LogP contribution in [-0.4, -0.2) is 28.5 Å². The third-order valence-corrected chi connectivity index (χ3v) is 6.38. The number of rotatable bonds is 7. The molecule has 1 heterocycles. The van der Waals surface area contributed by atoms with E-state index in [9.17, 15) is 18.8 Å². The van der Waals surface area contributed by atoms with Gasteiger partial charge in [-0.1, -0.05) is 36.4 Å². The largest absolute Gasteiger partial charge is 0.489 e. The van der Waals surface area contributed by atoms with Crippen molar-refractivity contribution in [3.8, 4) is 5.75 Å². The number of amides is 3. The van der Waals surface area contributed by atoms with Gasteiger partial charge in [-0.3, -0.25) is 19.3 Å². The average Bonchev–Trinajstić information content (AvgIpc) is 3.08. The molecule has 0 spiro atoms. The summed E-state index contributed by atoms with van der Waals surface area (Å²) in [6, 6.07) is 18.8. The van der Waals surface area contributed by atoms with E-state index >= 15 is 0 Å². The third-order valence-electron chi connectivity index (χ3n) is 5.47. The maximum atomic E-state index is 13.8. The fourth-order valence-electron chi connectivity index (χ4n) is 3.42. The standard InChI is InChI=1S/C27H23FN2O4S/c1-17-10-11-21(12-18(17)2)29-25(31)15-30-26(32)24(35-27(30)33)14-19-6-5-8-22(13-19)34-16-20-7-3-4-9-23(20)28/h3-14H,15-16H2,1-2H3,(H,29,31)/b24-14+. The second-order valence-electron chi connectivity index (χ2n) is 8.07. The number of ether oxygens (including phenoxy) is 1. The first-order valence-corrected chi connectivity index (χ1v) is 11.7. The summed E-state index contributed by atoms with van der Waals surface area (Å²) in [5.74, 6) is -0.846. The van der Waals surface area contributed by atoms with Crippen LogP contribution >= 0.6 is 11.8 Å². The van der Waals surface area contributed by atoms with Gasteiger partial charge in [0.15, 0.2) is 0 Å². The van der Waals surface area contributed by atoms with Gasteiger partial charge in [-0.2, -0.15) is 0 Å². The molecule has 178 valence electrons. The Morgan fingerprint density at radius 2 is 1.83 bits per heavy atom. The summed E-state index contributed by atoms with van der Waals surface area (Å²) >= 11 is 0.775. The lowest BCUT2D eigenvalue weighted by molar-refractivity contribution is -0.127. The maximum Gasteiger partial charge on any atom is 0.294 e. The lowest BCUT2D eigenvalue weighted by Crippen LogP contribution is -2.36. The van der Waals surface area contributed by atoms with E-state index in [-0.39, 0.29) is 23.9 Å². The molecule has 0 aromatic heterocycles. The molecule has 8 heteroatoms. The summed E-state index contributed by atoms with van der Waals surface area (Å²) in [4.78, 5) is 38.8. The van der Waals surface area contributed by atoms with Crippen molar-refractivity contribution in [1.29, 1.82) is 0 Å². The molecule has 0 radical (unpaired) electrons. The quantitative estimate of drug-likeness (QED) is 0.430. The van der Waals surface area contributed by atoms with Gasteiger partial charge in [-0.15, -0.1) is 0 Å². The highest BCUT2D eigenvalue weighted by molar-refractivity contribution is 8.18. The second-order valence-corrected chi connectivity index (χ2v) is 9.06. The molecule has 1 aliphatic heterocycles. The molecule has 0 saturated carbocycles. The number of carbonyl (C=O) groups is 3. The smallest absolute Gasteiger partial charge is 0.294 e. The van der Waals surface area contributed by atoms with Crippen molar-refractivity contribution >= 4 is 40.6 Å². The predicted molar refractivity (Wildman–Crippen MR) is 134 cm³/mol. The Kier molecular flexibility index (Phi) is 7.31. The molecule has 0 aliphatic carbocycles. The Morgan fingerprint density at radius 1 is 1.03 bits per heavy atom. The number of thioether (sulfide) groups is 1. The average molecular weight is 491 g/mol. The maximum absolute atomic E-state index is 13.8. The van der Waals surface area contributed by atoms with Gasteiger partial charge in [0.2, 0.25) is 5.91 Å². The first-order chi connectivity index (χ1) is 16.8. The Bertz CT molecular complexity index is 1340. The number of anilines is 1. The van der Waals surface area contributed by atoms with Gasteiger partial charge in [-0.05, 0) is 78.7 Å². The number of carbonyl (C=O) groups excluding carboxylic acids is 3. The Morgan fingerprint density at radius 3 is 2.60 bits per heavy atom. The summed E-state index contributed by atoms with van der Waals surface area (Å²) in [7, 11) is 0. The van der Waals surface area contributed by atoms with Crippen LogP contribution in [0.1, 0.15) is 22.3 Å². The molecule has 1 saturated heterocycles. The molecular formula is C27H23FN2O4S. The van der Waals surface area contributed by atoms with Gasteiger partial charge >= 0.3 is 0 Å². The van der Waals surface area contributed by atoms with Crippen molar-refractivity contribution in [2.45, 2.75) is 20.5 Å². The second kappa shape index (κ2) is 10.6. The molecule has 3 aromatic rings. The lowest BCUT2D eigenvalue weighted by atomic mass is 10.1. The highest BCUT2D eigenvalue weighted by atomic mass is 32.2. The minimum atomic E-state index is -0.534. The van der Waals surface area contributed by atoms with Crippen LogP contribution in [0.3, 0.4) is 0 Å². The zero-order chi connectivity index (χ0) is 24.9. The van der Waals surface area contributed by atoms with E-state index in [2.05, 4.69) is 5.32 Å². The Hall–Kier alpha value is -3.91. The van der Waals surface area contributed by atoms with E-state index in [0.29, 0.717) is 22.6 Å². The van der Waals surface area contributed by atoms with Gasteiger partial charge in [0.05, 0.1) is 4.91 Å². The van der Waals surface area contributed by atoms with E-state index in [4.69, 9.17) is 4.74 Å². The van der Waals surface area contributed by atoms with Crippen LogP contribution in [-0.2, 0) is 16.2 Å². The minimum Gasteiger partial charge on any atom is -0.489 e. The van der Waals surface area contributed by atoms with Crippen LogP contribution in [0.2, 0.25) is 0 Å². The third kappa shape index (κ3) is 5.96. The van der Waals surface area contributed by atoms with E-state index in [1.54, 1.807) is 54.6 Å². The van der Waals surface area contributed by atoms with E-state index < -0.39 is 17.1 Å². The SMILES string of the molecule is Cc1ccc(NC(=O)CN2C(=O)S/C(=C/c3cccc(OCc4ccccc4F)c3)C2=O)cc1C. The molecule has 0 atom stereocenters. The van der Waals surface area contributed by atoms with Crippen molar-refractivity contribution in [1.82, 2.24) is 4.90 Å². The fourth-order valence-corrected chi connectivity index (χ4v) is 4.26. The number of halogens is 1. The van der Waals surface area contributed by atoms with Crippen molar-refractivity contribution in [3.63, 3.8) is 0 Å². The molecule has 3 aromatic carbocycles. The summed E-state index contributed by atoms with van der Waals surface area (Å²) in [5, 5.41) is 2.21. The Balaban J connectivity index is 1.40. The van der Waals surface area contributed by atoms with E-state index in [0.717, 1.165) is 27.8 Å². The molecule has 3 amide bonds. The normalized spacial score (nSPS) is 14.5. The van der Waals surface area contributed by atoms with Crippen molar-refractivity contribution in [2.75, 3.05) is 11.9 Å². The molecular weight excluding hydrogens is 467 g/mol. The Labute approximate surface area is 206 Å². The number of benzene rings is 3. The summed E-state index contributed by atoms with van der Waals surface area (Å²) in [6.07, 6.45) is 1.57. The lowest BCUT2D eigenvalue weighted by Gasteiger charge is -2.13. The van der Waals surface area contributed by atoms with Gasteiger partial charge in [-0.25, -0.2) is 4.39 Å². The van der Waals surface area contributed by atoms with Crippen molar-refractivity contribution in [2.24, 2.45) is 0 Å². The number of aryl methyl sites for hydroxylation is 2. The molecule has 1 fully saturated rings. The first kappa shape index (κ1) is 24.2. The number of nitrogens with zero attached hydrogens (tertiary/aromatic N) is 1. The number of nitrogens with one attached hydrogen (secondary N) is 1. The molecule has 35 heavy (non-hydrogen) atoms. The van der Waals surface area contributed by atoms with Crippen LogP contribution < -0.4 is 10.1 Å². The highest BCUT2D eigenvalue weighted by Crippen LogP contribution is 2.32. The van der Waals surface area contributed by atoms with E-state index in [1.807, 2.05) is 26.0 Å². The molecule has 6 nitrogen and oxygen atoms in total. The molecule has 1 aliphatic rings. The van der Waals surface area contributed by atoms with Crippen LogP contribution in [0.25, 0.3) is 6.08 Å². The van der Waals surface area contributed by atoms with Crippen LogP contribution in [0.5, 0.6) is 5.75 Å². The molecule has 4 rings (SSSR count). The minimum absolute atomic E-state index is 0.0578. The van der Waals surface area contributed by atoms with Crippen molar-refractivity contribution < 1.29 is 23.5 Å². The van der Waals surface area contributed by atoms with Gasteiger partial charge in [0, 0.05) is 11.3 Å². The molecule has 0 unspecified atom stereocenters. The summed E-state index contributed by atoms with van der Waals surface area (Å²) in [5.41, 5.74) is 3.80. The number of imide groups is 1. The van der Waals surface area contributed by atoms with Gasteiger partial charge < -0.3 is 10.1 Å². The number of hydrogen-bond donors (Lipinski definition) is 1.